The molecule has 0 aromatic heterocycles. The average molecular weight is 198 g/mol. The van der Waals surface area contributed by atoms with Crippen molar-refractivity contribution < 1.29 is 9.53 Å². The van der Waals surface area contributed by atoms with Crippen LogP contribution in [0, 0.1) is 0 Å². The van der Waals surface area contributed by atoms with Crippen LogP contribution in [0.25, 0.3) is 0 Å². The van der Waals surface area contributed by atoms with Gasteiger partial charge in [0.25, 0.3) is 0 Å². The third kappa shape index (κ3) is 2.82. The van der Waals surface area contributed by atoms with Gasteiger partial charge in [0, 0.05) is 19.7 Å². The van der Waals surface area contributed by atoms with Gasteiger partial charge in [-0.15, -0.1) is 6.58 Å². The van der Waals surface area contributed by atoms with Crippen molar-refractivity contribution in [3.8, 4) is 0 Å². The molecule has 14 heavy (non-hydrogen) atoms. The van der Waals surface area contributed by atoms with Gasteiger partial charge >= 0.3 is 0 Å². The minimum Gasteiger partial charge on any atom is -0.380 e. The minimum atomic E-state index is -0.123. The molecule has 2 N–H and O–H groups in total. The molecule has 1 rings (SSSR count). The van der Waals surface area contributed by atoms with E-state index in [-0.39, 0.29) is 24.1 Å². The molecule has 0 aromatic rings. The van der Waals surface area contributed by atoms with Crippen LogP contribution in [-0.2, 0) is 9.53 Å². The van der Waals surface area contributed by atoms with Crippen molar-refractivity contribution in [1.82, 2.24) is 10.6 Å². The molecule has 0 aliphatic carbocycles. The van der Waals surface area contributed by atoms with Crippen LogP contribution in [0.3, 0.4) is 0 Å². The number of ether oxygens (including phenoxy) is 1. The van der Waals surface area contributed by atoms with Gasteiger partial charge in [-0.2, -0.15) is 0 Å². The summed E-state index contributed by atoms with van der Waals surface area (Å²) < 4.78 is 5.16. The first-order chi connectivity index (χ1) is 6.67. The fraction of sp³-hybridized carbons (Fsp3) is 0.700. The van der Waals surface area contributed by atoms with Crippen LogP contribution in [0.15, 0.2) is 12.7 Å². The molecule has 4 nitrogen and oxygen atoms in total. The maximum Gasteiger partial charge on any atom is 0.237 e. The SMILES string of the molecule is C=CC(C)NC(=O)C1CC(OC)CN1. The number of hydrogen-bond donors (Lipinski definition) is 2. The number of carbonyl (C=O) groups excluding carboxylic acids is 1. The van der Waals surface area contributed by atoms with Gasteiger partial charge in [-0.05, 0) is 13.3 Å². The van der Waals surface area contributed by atoms with E-state index in [2.05, 4.69) is 17.2 Å². The van der Waals surface area contributed by atoms with E-state index in [0.717, 1.165) is 13.0 Å². The lowest BCUT2D eigenvalue weighted by Crippen LogP contribution is -2.43. The summed E-state index contributed by atoms with van der Waals surface area (Å²) >= 11 is 0. The van der Waals surface area contributed by atoms with Gasteiger partial charge in [0.1, 0.15) is 0 Å². The molecule has 1 aliphatic heterocycles. The molecule has 0 saturated carbocycles. The summed E-state index contributed by atoms with van der Waals surface area (Å²) in [5.74, 6) is 0.0250. The quantitative estimate of drug-likeness (QED) is 0.628. The Bertz CT molecular complexity index is 218. The van der Waals surface area contributed by atoms with Gasteiger partial charge in [0.15, 0.2) is 0 Å². The molecule has 1 saturated heterocycles. The zero-order valence-corrected chi connectivity index (χ0v) is 8.75. The Labute approximate surface area is 84.7 Å². The Hall–Kier alpha value is -0.870. The zero-order chi connectivity index (χ0) is 10.6. The summed E-state index contributed by atoms with van der Waals surface area (Å²) in [5, 5.41) is 5.96. The first-order valence-corrected chi connectivity index (χ1v) is 4.86. The van der Waals surface area contributed by atoms with E-state index < -0.39 is 0 Å². The topological polar surface area (TPSA) is 50.4 Å². The molecular weight excluding hydrogens is 180 g/mol. The third-order valence-electron chi connectivity index (χ3n) is 2.46. The van der Waals surface area contributed by atoms with Crippen LogP contribution in [0.5, 0.6) is 0 Å². The highest BCUT2D eigenvalue weighted by Gasteiger charge is 2.29. The highest BCUT2D eigenvalue weighted by Crippen LogP contribution is 2.09. The first-order valence-electron chi connectivity index (χ1n) is 4.86. The van der Waals surface area contributed by atoms with Crippen LogP contribution in [0.2, 0.25) is 0 Å². The summed E-state index contributed by atoms with van der Waals surface area (Å²) in [4.78, 5) is 11.6. The number of nitrogens with one attached hydrogen (secondary N) is 2. The summed E-state index contributed by atoms with van der Waals surface area (Å²) in [6.07, 6.45) is 2.61. The average Bonchev–Trinajstić information content (AvgIpc) is 2.65. The largest absolute Gasteiger partial charge is 0.380 e. The van der Waals surface area contributed by atoms with E-state index in [1.807, 2.05) is 6.92 Å². The summed E-state index contributed by atoms with van der Waals surface area (Å²) in [5.41, 5.74) is 0. The molecule has 4 heteroatoms. The highest BCUT2D eigenvalue weighted by molar-refractivity contribution is 5.82. The third-order valence-corrected chi connectivity index (χ3v) is 2.46. The molecule has 1 fully saturated rings. The monoisotopic (exact) mass is 198 g/mol. The number of methoxy groups -OCH3 is 1. The second-order valence-corrected chi connectivity index (χ2v) is 3.59. The molecule has 3 unspecified atom stereocenters. The fourth-order valence-electron chi connectivity index (χ4n) is 1.47. The number of amides is 1. The number of rotatable bonds is 4. The summed E-state index contributed by atoms with van der Waals surface area (Å²) in [6, 6.07) is -0.103. The van der Waals surface area contributed by atoms with Crippen molar-refractivity contribution in [3.05, 3.63) is 12.7 Å². The standard InChI is InChI=1S/C10H18N2O2/c1-4-7(2)12-10(13)9-5-8(14-3)6-11-9/h4,7-9,11H,1,5-6H2,2-3H3,(H,12,13). The Morgan fingerprint density at radius 3 is 3.00 bits per heavy atom. The molecule has 80 valence electrons. The van der Waals surface area contributed by atoms with Gasteiger partial charge in [-0.1, -0.05) is 6.08 Å². The van der Waals surface area contributed by atoms with Crippen LogP contribution in [-0.4, -0.2) is 37.7 Å². The molecule has 1 amide bonds. The second-order valence-electron chi connectivity index (χ2n) is 3.59. The van der Waals surface area contributed by atoms with Crippen molar-refractivity contribution in [1.29, 1.82) is 0 Å². The lowest BCUT2D eigenvalue weighted by molar-refractivity contribution is -0.123. The number of hydrogen-bond acceptors (Lipinski definition) is 3. The van der Waals surface area contributed by atoms with E-state index in [9.17, 15) is 4.79 Å². The summed E-state index contributed by atoms with van der Waals surface area (Å²) in [6.45, 7) is 6.26. The molecule has 3 atom stereocenters. The first kappa shape index (κ1) is 11.2. The fourth-order valence-corrected chi connectivity index (χ4v) is 1.47. The summed E-state index contributed by atoms with van der Waals surface area (Å²) in [7, 11) is 1.67. The smallest absolute Gasteiger partial charge is 0.237 e. The van der Waals surface area contributed by atoms with Crippen molar-refractivity contribution in [2.24, 2.45) is 0 Å². The highest BCUT2D eigenvalue weighted by atomic mass is 16.5. The van der Waals surface area contributed by atoms with Gasteiger partial charge in [-0.25, -0.2) is 0 Å². The Morgan fingerprint density at radius 2 is 2.50 bits per heavy atom. The van der Waals surface area contributed by atoms with Crippen LogP contribution < -0.4 is 10.6 Å². The Balaban J connectivity index is 2.35. The zero-order valence-electron chi connectivity index (χ0n) is 8.75. The van der Waals surface area contributed by atoms with Crippen molar-refractivity contribution in [3.63, 3.8) is 0 Å². The van der Waals surface area contributed by atoms with E-state index >= 15 is 0 Å². The van der Waals surface area contributed by atoms with Gasteiger partial charge < -0.3 is 15.4 Å². The maximum atomic E-state index is 11.6. The van der Waals surface area contributed by atoms with Gasteiger partial charge in [0.05, 0.1) is 12.1 Å². The molecular formula is C10H18N2O2. The van der Waals surface area contributed by atoms with Crippen LogP contribution in [0.1, 0.15) is 13.3 Å². The van der Waals surface area contributed by atoms with Gasteiger partial charge in [-0.3, -0.25) is 4.79 Å². The van der Waals surface area contributed by atoms with E-state index in [4.69, 9.17) is 4.74 Å². The van der Waals surface area contributed by atoms with Crippen LogP contribution in [0.4, 0.5) is 0 Å². The Kier molecular flexibility index (Phi) is 4.10. The van der Waals surface area contributed by atoms with Crippen molar-refractivity contribution in [2.75, 3.05) is 13.7 Å². The van der Waals surface area contributed by atoms with Crippen LogP contribution >= 0.6 is 0 Å². The Morgan fingerprint density at radius 1 is 1.79 bits per heavy atom. The predicted molar refractivity (Wildman–Crippen MR) is 55.0 cm³/mol. The van der Waals surface area contributed by atoms with E-state index in [1.165, 1.54) is 0 Å². The van der Waals surface area contributed by atoms with E-state index in [0.29, 0.717) is 0 Å². The lowest BCUT2D eigenvalue weighted by Gasteiger charge is -2.14. The predicted octanol–water partition coefficient (Wildman–Crippen LogP) is 0.0540. The second kappa shape index (κ2) is 5.12. The van der Waals surface area contributed by atoms with Crippen molar-refractivity contribution >= 4 is 5.91 Å². The minimum absolute atomic E-state index is 0.0193. The van der Waals surface area contributed by atoms with Gasteiger partial charge in [0.2, 0.25) is 5.91 Å². The molecule has 1 heterocycles. The molecule has 0 spiro atoms. The van der Waals surface area contributed by atoms with Crippen molar-refractivity contribution in [2.45, 2.75) is 31.5 Å². The van der Waals surface area contributed by atoms with E-state index in [1.54, 1.807) is 13.2 Å². The number of carbonyl (C=O) groups is 1. The maximum absolute atomic E-state index is 11.6. The molecule has 0 aromatic carbocycles. The molecule has 0 radical (unpaired) electrons. The normalized spacial score (nSPS) is 28.4. The molecule has 0 bridgehead atoms. The lowest BCUT2D eigenvalue weighted by atomic mass is 10.2. The molecule has 1 aliphatic rings.